The first-order chi connectivity index (χ1) is 11.5. The normalized spacial score (nSPS) is 16.9. The van der Waals surface area contributed by atoms with E-state index in [0.29, 0.717) is 12.2 Å². The zero-order chi connectivity index (χ0) is 17.1. The van der Waals surface area contributed by atoms with Crippen molar-refractivity contribution >= 4 is 28.9 Å². The zero-order valence-corrected chi connectivity index (χ0v) is 12.7. The van der Waals surface area contributed by atoms with Gasteiger partial charge >= 0.3 is 0 Å². The van der Waals surface area contributed by atoms with Gasteiger partial charge in [-0.2, -0.15) is 0 Å². The van der Waals surface area contributed by atoms with Crippen LogP contribution in [0.3, 0.4) is 0 Å². The Hall–Kier alpha value is -3.22. The Labute approximate surface area is 138 Å². The number of benzene rings is 2. The van der Waals surface area contributed by atoms with E-state index in [4.69, 9.17) is 0 Å². The zero-order valence-electron chi connectivity index (χ0n) is 12.7. The molecule has 7 heteroatoms. The maximum Gasteiger partial charge on any atom is 0.269 e. The average molecular weight is 325 g/mol. The summed E-state index contributed by atoms with van der Waals surface area (Å²) in [5, 5.41) is 13.3. The van der Waals surface area contributed by atoms with Gasteiger partial charge in [-0.3, -0.25) is 19.7 Å². The standard InChI is InChI=1S/C17H15N3O4/c21-16-10-12(11-19(16)14-4-2-1-3-5-14)17(22)18-13-6-8-15(9-7-13)20(23)24/h1-9,12H,10-11H2,(H,18,22)/t12-/m1/s1. The van der Waals surface area contributed by atoms with Gasteiger partial charge in [0, 0.05) is 36.5 Å². The number of nitro benzene ring substituents is 1. The molecule has 1 aliphatic rings. The van der Waals surface area contributed by atoms with Gasteiger partial charge in [0.15, 0.2) is 0 Å². The van der Waals surface area contributed by atoms with Crippen LogP contribution < -0.4 is 10.2 Å². The van der Waals surface area contributed by atoms with Gasteiger partial charge in [0.25, 0.3) is 5.69 Å². The van der Waals surface area contributed by atoms with E-state index in [0.717, 1.165) is 5.69 Å². The van der Waals surface area contributed by atoms with Crippen molar-refractivity contribution in [1.29, 1.82) is 0 Å². The van der Waals surface area contributed by atoms with E-state index in [1.54, 1.807) is 4.90 Å². The summed E-state index contributed by atoms with van der Waals surface area (Å²) in [5.41, 5.74) is 1.20. The van der Waals surface area contributed by atoms with Crippen LogP contribution in [-0.4, -0.2) is 23.3 Å². The second-order valence-electron chi connectivity index (χ2n) is 5.53. The maximum absolute atomic E-state index is 12.3. The number of para-hydroxylation sites is 1. The van der Waals surface area contributed by atoms with Crippen LogP contribution in [0.25, 0.3) is 0 Å². The minimum absolute atomic E-state index is 0.0423. The summed E-state index contributed by atoms with van der Waals surface area (Å²) in [7, 11) is 0. The van der Waals surface area contributed by atoms with Crippen LogP contribution in [-0.2, 0) is 9.59 Å². The minimum Gasteiger partial charge on any atom is -0.326 e. The van der Waals surface area contributed by atoms with E-state index in [9.17, 15) is 19.7 Å². The van der Waals surface area contributed by atoms with Crippen LogP contribution in [0.4, 0.5) is 17.1 Å². The van der Waals surface area contributed by atoms with Gasteiger partial charge in [0.05, 0.1) is 10.8 Å². The second kappa shape index (κ2) is 6.49. The molecule has 7 nitrogen and oxygen atoms in total. The van der Waals surface area contributed by atoms with Crippen molar-refractivity contribution in [3.8, 4) is 0 Å². The third-order valence-electron chi connectivity index (χ3n) is 3.91. The van der Waals surface area contributed by atoms with E-state index >= 15 is 0 Å². The van der Waals surface area contributed by atoms with Crippen molar-refractivity contribution < 1.29 is 14.5 Å². The van der Waals surface area contributed by atoms with E-state index < -0.39 is 10.8 Å². The van der Waals surface area contributed by atoms with Gasteiger partial charge in [-0.05, 0) is 24.3 Å². The number of hydrogen-bond acceptors (Lipinski definition) is 4. The number of amides is 2. The number of nitrogens with zero attached hydrogens (tertiary/aromatic N) is 2. The Morgan fingerprint density at radius 3 is 2.42 bits per heavy atom. The van der Waals surface area contributed by atoms with Crippen LogP contribution in [0.15, 0.2) is 54.6 Å². The molecule has 1 saturated heterocycles. The highest BCUT2D eigenvalue weighted by Gasteiger charge is 2.35. The van der Waals surface area contributed by atoms with Gasteiger partial charge in [0.1, 0.15) is 0 Å². The van der Waals surface area contributed by atoms with Gasteiger partial charge in [-0.1, -0.05) is 18.2 Å². The molecule has 1 atom stereocenters. The summed E-state index contributed by atoms with van der Waals surface area (Å²) in [6.07, 6.45) is 0.147. The molecule has 3 rings (SSSR count). The Morgan fingerprint density at radius 1 is 1.12 bits per heavy atom. The predicted molar refractivity (Wildman–Crippen MR) is 88.6 cm³/mol. The van der Waals surface area contributed by atoms with Crippen molar-refractivity contribution in [3.63, 3.8) is 0 Å². The topological polar surface area (TPSA) is 92.5 Å². The fourth-order valence-electron chi connectivity index (χ4n) is 2.65. The van der Waals surface area contributed by atoms with Gasteiger partial charge < -0.3 is 10.2 Å². The lowest BCUT2D eigenvalue weighted by Gasteiger charge is -2.16. The molecule has 2 amide bonds. The van der Waals surface area contributed by atoms with Crippen molar-refractivity contribution in [3.05, 3.63) is 64.7 Å². The highest BCUT2D eigenvalue weighted by atomic mass is 16.6. The molecule has 1 fully saturated rings. The first-order valence-electron chi connectivity index (χ1n) is 7.45. The summed E-state index contributed by atoms with van der Waals surface area (Å²) in [5.74, 6) is -0.811. The molecular weight excluding hydrogens is 310 g/mol. The van der Waals surface area contributed by atoms with E-state index in [2.05, 4.69) is 5.32 Å². The molecule has 0 saturated carbocycles. The van der Waals surface area contributed by atoms with Gasteiger partial charge in [-0.15, -0.1) is 0 Å². The molecule has 1 aliphatic heterocycles. The highest BCUT2D eigenvalue weighted by Crippen LogP contribution is 2.26. The number of non-ortho nitro benzene ring substituents is 1. The molecule has 1 N–H and O–H groups in total. The molecule has 2 aromatic carbocycles. The molecular formula is C17H15N3O4. The smallest absolute Gasteiger partial charge is 0.269 e. The molecule has 2 aromatic rings. The second-order valence-corrected chi connectivity index (χ2v) is 5.53. The molecule has 0 aromatic heterocycles. The van der Waals surface area contributed by atoms with Crippen LogP contribution in [0.5, 0.6) is 0 Å². The predicted octanol–water partition coefficient (Wildman–Crippen LogP) is 2.59. The summed E-state index contributed by atoms with van der Waals surface area (Å²) >= 11 is 0. The lowest BCUT2D eigenvalue weighted by Crippen LogP contribution is -2.28. The fourth-order valence-corrected chi connectivity index (χ4v) is 2.65. The molecule has 0 spiro atoms. The number of nitrogens with one attached hydrogen (secondary N) is 1. The number of rotatable bonds is 4. The highest BCUT2D eigenvalue weighted by molar-refractivity contribution is 6.03. The number of hydrogen-bond donors (Lipinski definition) is 1. The van der Waals surface area contributed by atoms with Crippen LogP contribution in [0.1, 0.15) is 6.42 Å². The fraction of sp³-hybridized carbons (Fsp3) is 0.176. The largest absolute Gasteiger partial charge is 0.326 e. The molecule has 24 heavy (non-hydrogen) atoms. The number of anilines is 2. The molecule has 1 heterocycles. The molecule has 0 radical (unpaired) electrons. The Balaban J connectivity index is 1.66. The number of carbonyl (C=O) groups excluding carboxylic acids is 2. The van der Waals surface area contributed by atoms with Crippen molar-refractivity contribution in [2.45, 2.75) is 6.42 Å². The summed E-state index contributed by atoms with van der Waals surface area (Å²) in [6.45, 7) is 0.321. The maximum atomic E-state index is 12.3. The first kappa shape index (κ1) is 15.7. The molecule has 0 bridgehead atoms. The number of nitro groups is 1. The molecule has 0 aliphatic carbocycles. The van der Waals surface area contributed by atoms with E-state index in [-0.39, 0.29) is 23.9 Å². The monoisotopic (exact) mass is 325 g/mol. The van der Waals surface area contributed by atoms with Crippen molar-refractivity contribution in [2.75, 3.05) is 16.8 Å². The Bertz CT molecular complexity index is 774. The molecule has 122 valence electrons. The number of carbonyl (C=O) groups is 2. The van der Waals surface area contributed by atoms with Gasteiger partial charge in [0.2, 0.25) is 11.8 Å². The summed E-state index contributed by atoms with van der Waals surface area (Å²) in [6, 6.07) is 14.8. The van der Waals surface area contributed by atoms with Crippen LogP contribution >= 0.6 is 0 Å². The lowest BCUT2D eigenvalue weighted by atomic mass is 10.1. The summed E-state index contributed by atoms with van der Waals surface area (Å²) < 4.78 is 0. The van der Waals surface area contributed by atoms with E-state index in [1.807, 2.05) is 30.3 Å². The lowest BCUT2D eigenvalue weighted by molar-refractivity contribution is -0.384. The van der Waals surface area contributed by atoms with E-state index in [1.165, 1.54) is 24.3 Å². The summed E-state index contributed by atoms with van der Waals surface area (Å²) in [4.78, 5) is 36.2. The Kier molecular flexibility index (Phi) is 4.24. The van der Waals surface area contributed by atoms with Gasteiger partial charge in [-0.25, -0.2) is 0 Å². The van der Waals surface area contributed by atoms with Crippen LogP contribution in [0, 0.1) is 16.0 Å². The Morgan fingerprint density at radius 2 is 1.79 bits per heavy atom. The minimum atomic E-state index is -0.501. The third kappa shape index (κ3) is 3.24. The first-order valence-corrected chi connectivity index (χ1v) is 7.45. The quantitative estimate of drug-likeness (QED) is 0.690. The SMILES string of the molecule is O=C(Nc1ccc([N+](=O)[O-])cc1)[C@@H]1CC(=O)N(c2ccccc2)C1. The van der Waals surface area contributed by atoms with Crippen molar-refractivity contribution in [2.24, 2.45) is 5.92 Å². The third-order valence-corrected chi connectivity index (χ3v) is 3.91. The average Bonchev–Trinajstić information content (AvgIpc) is 2.98. The van der Waals surface area contributed by atoms with Crippen molar-refractivity contribution in [1.82, 2.24) is 0 Å². The van der Waals surface area contributed by atoms with Crippen LogP contribution in [0.2, 0.25) is 0 Å². The molecule has 0 unspecified atom stereocenters.